The van der Waals surface area contributed by atoms with E-state index in [1.807, 2.05) is 6.08 Å². The highest BCUT2D eigenvalue weighted by molar-refractivity contribution is 6.30. The molecule has 1 unspecified atom stereocenters. The molecule has 1 saturated heterocycles. The molecule has 1 heterocycles. The maximum atomic E-state index is 9.84. The van der Waals surface area contributed by atoms with Crippen LogP contribution in [0.3, 0.4) is 0 Å². The van der Waals surface area contributed by atoms with Crippen molar-refractivity contribution >= 4 is 17.7 Å². The van der Waals surface area contributed by atoms with Gasteiger partial charge in [-0.25, -0.2) is 0 Å². The molecule has 110 valence electrons. The number of likely N-dealkylation sites (N-methyl/N-ethyl adjacent to an activating group) is 1. The summed E-state index contributed by atoms with van der Waals surface area (Å²) in [5.74, 6) is 0.278. The van der Waals surface area contributed by atoms with Gasteiger partial charge in [0.25, 0.3) is 0 Å². The molecular weight excluding hydrogens is 272 g/mol. The van der Waals surface area contributed by atoms with Crippen molar-refractivity contribution in [2.45, 2.75) is 19.9 Å². The Bertz CT molecular complexity index is 501. The Morgan fingerprint density at radius 1 is 1.45 bits per heavy atom. The van der Waals surface area contributed by atoms with Crippen LogP contribution in [-0.4, -0.2) is 54.2 Å². The van der Waals surface area contributed by atoms with Gasteiger partial charge in [-0.3, -0.25) is 4.90 Å². The number of phenols is 1. The first kappa shape index (κ1) is 15.4. The van der Waals surface area contributed by atoms with Crippen LogP contribution < -0.4 is 0 Å². The Kier molecular flexibility index (Phi) is 5.08. The number of halogens is 1. The lowest BCUT2D eigenvalue weighted by Crippen LogP contribution is -2.50. The highest BCUT2D eigenvalue weighted by Crippen LogP contribution is 2.24. The molecule has 1 atom stereocenters. The van der Waals surface area contributed by atoms with Crippen LogP contribution in [0.15, 0.2) is 23.8 Å². The topological polar surface area (TPSA) is 26.7 Å². The molecule has 0 spiro atoms. The molecule has 4 heteroatoms. The van der Waals surface area contributed by atoms with Crippen LogP contribution in [0.5, 0.6) is 5.75 Å². The summed E-state index contributed by atoms with van der Waals surface area (Å²) in [7, 11) is 2.18. The molecule has 1 aliphatic rings. The van der Waals surface area contributed by atoms with Gasteiger partial charge in [-0.15, -0.1) is 0 Å². The van der Waals surface area contributed by atoms with E-state index in [0.717, 1.165) is 31.7 Å². The SMILES string of the molecule is C/C(=C\c1cc(Cl)ccc1O)CN1CCN(C)C(C)C1. The predicted molar refractivity (Wildman–Crippen MR) is 85.3 cm³/mol. The number of benzene rings is 1. The second kappa shape index (κ2) is 6.61. The smallest absolute Gasteiger partial charge is 0.122 e. The zero-order valence-corrected chi connectivity index (χ0v) is 13.2. The highest BCUT2D eigenvalue weighted by atomic mass is 35.5. The lowest BCUT2D eigenvalue weighted by Gasteiger charge is -2.37. The molecule has 0 aromatic heterocycles. The van der Waals surface area contributed by atoms with Crippen LogP contribution in [0, 0.1) is 0 Å². The van der Waals surface area contributed by atoms with Gasteiger partial charge in [0.15, 0.2) is 0 Å². The van der Waals surface area contributed by atoms with Gasteiger partial charge in [-0.05, 0) is 39.1 Å². The molecule has 0 saturated carbocycles. The highest BCUT2D eigenvalue weighted by Gasteiger charge is 2.20. The molecule has 0 amide bonds. The quantitative estimate of drug-likeness (QED) is 0.928. The van der Waals surface area contributed by atoms with E-state index >= 15 is 0 Å². The molecule has 1 aliphatic heterocycles. The number of aromatic hydroxyl groups is 1. The molecule has 2 rings (SSSR count). The second-order valence-electron chi connectivity index (χ2n) is 5.76. The lowest BCUT2D eigenvalue weighted by atomic mass is 10.1. The van der Waals surface area contributed by atoms with Crippen LogP contribution in [0.1, 0.15) is 19.4 Å². The summed E-state index contributed by atoms with van der Waals surface area (Å²) in [6, 6.07) is 5.73. The summed E-state index contributed by atoms with van der Waals surface area (Å²) >= 11 is 5.97. The van der Waals surface area contributed by atoms with Crippen molar-refractivity contribution in [2.75, 3.05) is 33.2 Å². The van der Waals surface area contributed by atoms with Gasteiger partial charge in [-0.1, -0.05) is 23.3 Å². The molecule has 20 heavy (non-hydrogen) atoms. The first-order chi connectivity index (χ1) is 9.45. The van der Waals surface area contributed by atoms with Gasteiger partial charge >= 0.3 is 0 Å². The average Bonchev–Trinajstić information content (AvgIpc) is 2.38. The molecule has 1 fully saturated rings. The normalized spacial score (nSPS) is 22.2. The summed E-state index contributed by atoms with van der Waals surface area (Å²) < 4.78 is 0. The van der Waals surface area contributed by atoms with E-state index in [2.05, 4.69) is 30.7 Å². The first-order valence-corrected chi connectivity index (χ1v) is 7.42. The Labute approximate surface area is 126 Å². The predicted octanol–water partition coefficient (Wildman–Crippen LogP) is 3.08. The average molecular weight is 295 g/mol. The summed E-state index contributed by atoms with van der Waals surface area (Å²) in [4.78, 5) is 4.84. The molecular formula is C16H23ClN2O. The molecule has 0 bridgehead atoms. The van der Waals surface area contributed by atoms with E-state index in [1.165, 1.54) is 5.57 Å². The van der Waals surface area contributed by atoms with Gasteiger partial charge in [-0.2, -0.15) is 0 Å². The number of phenolic OH excluding ortho intramolecular Hbond substituents is 1. The van der Waals surface area contributed by atoms with Gasteiger partial charge in [0.1, 0.15) is 5.75 Å². The zero-order valence-electron chi connectivity index (χ0n) is 12.4. The number of hydrogen-bond acceptors (Lipinski definition) is 3. The number of piperazine rings is 1. The van der Waals surface area contributed by atoms with Crippen molar-refractivity contribution < 1.29 is 5.11 Å². The standard InChI is InChI=1S/C16H23ClN2O/c1-12(8-14-9-15(17)4-5-16(14)20)10-19-7-6-18(3)13(2)11-19/h4-5,8-9,13,20H,6-7,10-11H2,1-3H3/b12-8+. The van der Waals surface area contributed by atoms with Gasteiger partial charge in [0.05, 0.1) is 0 Å². The fourth-order valence-electron chi connectivity index (χ4n) is 2.57. The fourth-order valence-corrected chi connectivity index (χ4v) is 2.75. The monoisotopic (exact) mass is 294 g/mol. The van der Waals surface area contributed by atoms with E-state index in [1.54, 1.807) is 18.2 Å². The minimum Gasteiger partial charge on any atom is -0.507 e. The third-order valence-electron chi connectivity index (χ3n) is 3.91. The van der Waals surface area contributed by atoms with Gasteiger partial charge < -0.3 is 10.0 Å². The molecule has 1 aromatic carbocycles. The maximum absolute atomic E-state index is 9.84. The molecule has 3 nitrogen and oxygen atoms in total. The van der Waals surface area contributed by atoms with E-state index < -0.39 is 0 Å². The summed E-state index contributed by atoms with van der Waals surface area (Å²) in [5, 5.41) is 10.5. The first-order valence-electron chi connectivity index (χ1n) is 7.04. The molecule has 1 aromatic rings. The van der Waals surface area contributed by atoms with Crippen LogP contribution in [0.25, 0.3) is 6.08 Å². The Morgan fingerprint density at radius 3 is 2.90 bits per heavy atom. The Morgan fingerprint density at radius 2 is 2.20 bits per heavy atom. The van der Waals surface area contributed by atoms with E-state index in [4.69, 9.17) is 11.6 Å². The van der Waals surface area contributed by atoms with Crippen LogP contribution in [-0.2, 0) is 0 Å². The fraction of sp³-hybridized carbons (Fsp3) is 0.500. The third kappa shape index (κ3) is 3.98. The minimum absolute atomic E-state index is 0.278. The second-order valence-corrected chi connectivity index (χ2v) is 6.20. The Hall–Kier alpha value is -1.03. The van der Waals surface area contributed by atoms with Crippen LogP contribution >= 0.6 is 11.6 Å². The van der Waals surface area contributed by atoms with E-state index in [-0.39, 0.29) is 5.75 Å². The Balaban J connectivity index is 2.02. The van der Waals surface area contributed by atoms with Gasteiger partial charge in [0, 0.05) is 42.8 Å². The molecule has 1 N–H and O–H groups in total. The van der Waals surface area contributed by atoms with Crippen molar-refractivity contribution in [1.29, 1.82) is 0 Å². The summed E-state index contributed by atoms with van der Waals surface area (Å²) in [6.07, 6.45) is 2.02. The third-order valence-corrected chi connectivity index (χ3v) is 4.14. The van der Waals surface area contributed by atoms with Crippen molar-refractivity contribution in [3.63, 3.8) is 0 Å². The lowest BCUT2D eigenvalue weighted by molar-refractivity contribution is 0.113. The minimum atomic E-state index is 0.278. The van der Waals surface area contributed by atoms with Crippen molar-refractivity contribution in [3.8, 4) is 5.75 Å². The van der Waals surface area contributed by atoms with Crippen molar-refractivity contribution in [3.05, 3.63) is 34.4 Å². The van der Waals surface area contributed by atoms with Crippen LogP contribution in [0.2, 0.25) is 5.02 Å². The van der Waals surface area contributed by atoms with Crippen molar-refractivity contribution in [1.82, 2.24) is 9.80 Å². The number of hydrogen-bond donors (Lipinski definition) is 1. The molecule has 0 aliphatic carbocycles. The zero-order chi connectivity index (χ0) is 14.7. The van der Waals surface area contributed by atoms with Crippen molar-refractivity contribution in [2.24, 2.45) is 0 Å². The maximum Gasteiger partial charge on any atom is 0.122 e. The number of rotatable bonds is 3. The van der Waals surface area contributed by atoms with E-state index in [9.17, 15) is 5.11 Å². The van der Waals surface area contributed by atoms with Crippen LogP contribution in [0.4, 0.5) is 0 Å². The largest absolute Gasteiger partial charge is 0.507 e. The van der Waals surface area contributed by atoms with E-state index in [0.29, 0.717) is 11.1 Å². The summed E-state index contributed by atoms with van der Waals surface area (Å²) in [5.41, 5.74) is 2.02. The number of nitrogens with zero attached hydrogens (tertiary/aromatic N) is 2. The van der Waals surface area contributed by atoms with Gasteiger partial charge in [0.2, 0.25) is 0 Å². The summed E-state index contributed by atoms with van der Waals surface area (Å²) in [6.45, 7) is 8.58. The molecule has 0 radical (unpaired) electrons.